The average molecular weight is 433 g/mol. The molecular weight excluding hydrogens is 408 g/mol. The van der Waals surface area contributed by atoms with Crippen LogP contribution in [-0.4, -0.2) is 24.5 Å². The molecule has 0 saturated heterocycles. The van der Waals surface area contributed by atoms with Crippen molar-refractivity contribution in [2.45, 2.75) is 39.7 Å². The summed E-state index contributed by atoms with van der Waals surface area (Å²) in [4.78, 5) is 24.7. The van der Waals surface area contributed by atoms with Crippen LogP contribution < -0.4 is 15.4 Å². The Morgan fingerprint density at radius 2 is 1.89 bits per heavy atom. The zero-order valence-corrected chi connectivity index (χ0v) is 17.4. The van der Waals surface area contributed by atoms with Crippen LogP contribution >= 0.6 is 15.9 Å². The number of amides is 2. The van der Waals surface area contributed by atoms with Crippen LogP contribution in [0.2, 0.25) is 0 Å². The maximum Gasteiger partial charge on any atom is 0.262 e. The van der Waals surface area contributed by atoms with Crippen molar-refractivity contribution in [1.29, 1.82) is 0 Å². The molecule has 0 aliphatic heterocycles. The fourth-order valence-electron chi connectivity index (χ4n) is 2.40. The molecule has 0 aromatic heterocycles. The Morgan fingerprint density at radius 1 is 1.15 bits per heavy atom. The molecule has 0 heterocycles. The van der Waals surface area contributed by atoms with Crippen molar-refractivity contribution in [2.75, 3.05) is 11.9 Å². The van der Waals surface area contributed by atoms with Gasteiger partial charge in [-0.3, -0.25) is 9.59 Å². The molecule has 2 aromatic carbocycles. The van der Waals surface area contributed by atoms with Gasteiger partial charge in [-0.05, 0) is 65.5 Å². The Balaban J connectivity index is 2.01. The highest BCUT2D eigenvalue weighted by atomic mass is 79.9. The van der Waals surface area contributed by atoms with Crippen LogP contribution in [0.1, 0.15) is 43.1 Å². The van der Waals surface area contributed by atoms with E-state index in [4.69, 9.17) is 4.74 Å². The summed E-state index contributed by atoms with van der Waals surface area (Å²) < 4.78 is 6.40. The van der Waals surface area contributed by atoms with E-state index in [2.05, 4.69) is 33.5 Å². The smallest absolute Gasteiger partial charge is 0.262 e. The van der Waals surface area contributed by atoms with Gasteiger partial charge in [0.15, 0.2) is 6.61 Å². The number of hydrogen-bond acceptors (Lipinski definition) is 3. The zero-order valence-electron chi connectivity index (χ0n) is 15.8. The molecule has 2 N–H and O–H groups in total. The van der Waals surface area contributed by atoms with Gasteiger partial charge in [-0.25, -0.2) is 0 Å². The highest BCUT2D eigenvalue weighted by Gasteiger charge is 2.15. The molecule has 0 bridgehead atoms. The highest BCUT2D eigenvalue weighted by Crippen LogP contribution is 2.26. The summed E-state index contributed by atoms with van der Waals surface area (Å²) in [6, 6.07) is 12.8. The molecule has 144 valence electrons. The van der Waals surface area contributed by atoms with Crippen LogP contribution in [0.15, 0.2) is 46.9 Å². The van der Waals surface area contributed by atoms with E-state index in [-0.39, 0.29) is 24.5 Å². The molecule has 27 heavy (non-hydrogen) atoms. The fraction of sp³-hybridized carbons (Fsp3) is 0.333. The number of para-hydroxylation sites is 1. The van der Waals surface area contributed by atoms with Crippen LogP contribution in [0.3, 0.4) is 0 Å². The molecule has 2 amide bonds. The predicted octanol–water partition coefficient (Wildman–Crippen LogP) is 4.56. The van der Waals surface area contributed by atoms with E-state index in [0.29, 0.717) is 17.0 Å². The third kappa shape index (κ3) is 6.10. The van der Waals surface area contributed by atoms with Crippen LogP contribution in [-0.2, 0) is 11.2 Å². The third-order valence-corrected chi connectivity index (χ3v) is 4.82. The lowest BCUT2D eigenvalue weighted by Gasteiger charge is -2.15. The first kappa shape index (κ1) is 21.0. The number of aryl methyl sites for hydroxylation is 1. The Bertz CT molecular complexity index is 808. The molecule has 2 aromatic rings. The van der Waals surface area contributed by atoms with E-state index < -0.39 is 0 Å². The van der Waals surface area contributed by atoms with Gasteiger partial charge in [0.25, 0.3) is 11.8 Å². The van der Waals surface area contributed by atoms with Crippen molar-refractivity contribution < 1.29 is 14.3 Å². The Labute approximate surface area is 168 Å². The van der Waals surface area contributed by atoms with E-state index >= 15 is 0 Å². The molecule has 0 spiro atoms. The number of carbonyl (C=O) groups excluding carboxylic acids is 2. The summed E-state index contributed by atoms with van der Waals surface area (Å²) in [5.74, 6) is 0.0643. The summed E-state index contributed by atoms with van der Waals surface area (Å²) >= 11 is 3.46. The molecular formula is C21H25BrN2O3. The lowest BCUT2D eigenvalue weighted by molar-refractivity contribution is -0.118. The Hall–Kier alpha value is -2.34. The minimum atomic E-state index is -0.328. The summed E-state index contributed by atoms with van der Waals surface area (Å²) in [5.41, 5.74) is 2.08. The van der Waals surface area contributed by atoms with E-state index in [0.717, 1.165) is 17.3 Å². The quantitative estimate of drug-likeness (QED) is 0.642. The monoisotopic (exact) mass is 432 g/mol. The first-order chi connectivity index (χ1) is 12.9. The van der Waals surface area contributed by atoms with Crippen LogP contribution in [0, 0.1) is 0 Å². The average Bonchev–Trinajstić information content (AvgIpc) is 2.67. The Morgan fingerprint density at radius 3 is 2.56 bits per heavy atom. The normalized spacial score (nSPS) is 11.6. The number of hydrogen-bond donors (Lipinski definition) is 2. The molecule has 0 aliphatic carbocycles. The summed E-state index contributed by atoms with van der Waals surface area (Å²) in [5, 5.41) is 5.66. The number of nitrogens with one attached hydrogen (secondary N) is 2. The minimum Gasteiger partial charge on any atom is -0.483 e. The molecule has 1 atom stereocenters. The molecule has 0 aliphatic rings. The first-order valence-corrected chi connectivity index (χ1v) is 9.84. The van der Waals surface area contributed by atoms with Gasteiger partial charge in [-0.15, -0.1) is 0 Å². The van der Waals surface area contributed by atoms with Gasteiger partial charge in [0.1, 0.15) is 5.75 Å². The lowest BCUT2D eigenvalue weighted by Crippen LogP contribution is -2.33. The maximum absolute atomic E-state index is 12.4. The number of rotatable bonds is 8. The van der Waals surface area contributed by atoms with Gasteiger partial charge in [-0.2, -0.15) is 0 Å². The Kier molecular flexibility index (Phi) is 7.85. The second-order valence-corrected chi connectivity index (χ2v) is 7.14. The second-order valence-electron chi connectivity index (χ2n) is 6.28. The predicted molar refractivity (Wildman–Crippen MR) is 111 cm³/mol. The first-order valence-electron chi connectivity index (χ1n) is 9.05. The van der Waals surface area contributed by atoms with E-state index in [1.165, 1.54) is 5.56 Å². The maximum atomic E-state index is 12.4. The number of halogens is 1. The number of ether oxygens (including phenoxy) is 1. The minimum absolute atomic E-state index is 0.0630. The van der Waals surface area contributed by atoms with Gasteiger partial charge in [-0.1, -0.05) is 32.0 Å². The third-order valence-electron chi connectivity index (χ3n) is 4.20. The largest absolute Gasteiger partial charge is 0.483 e. The molecule has 6 heteroatoms. The molecule has 0 fully saturated rings. The fourth-order valence-corrected chi connectivity index (χ4v) is 2.95. The molecule has 0 saturated carbocycles. The second kappa shape index (κ2) is 10.1. The summed E-state index contributed by atoms with van der Waals surface area (Å²) in [7, 11) is 0. The zero-order chi connectivity index (χ0) is 19.8. The molecule has 0 radical (unpaired) electrons. The van der Waals surface area contributed by atoms with Gasteiger partial charge in [0.05, 0.1) is 15.7 Å². The number of benzene rings is 2. The van der Waals surface area contributed by atoms with Gasteiger partial charge in [0.2, 0.25) is 0 Å². The summed E-state index contributed by atoms with van der Waals surface area (Å²) in [6.45, 7) is 5.87. The van der Waals surface area contributed by atoms with Gasteiger partial charge in [0, 0.05) is 6.04 Å². The van der Waals surface area contributed by atoms with E-state index in [9.17, 15) is 9.59 Å². The SMILES string of the molecule is CCc1ccc(OCC(=O)Nc2ccccc2C(=O)NC(C)CC)c(Br)c1. The van der Waals surface area contributed by atoms with Crippen LogP contribution in [0.5, 0.6) is 5.75 Å². The van der Waals surface area contributed by atoms with Crippen molar-refractivity contribution in [3.05, 3.63) is 58.1 Å². The van der Waals surface area contributed by atoms with Crippen molar-refractivity contribution in [1.82, 2.24) is 5.32 Å². The van der Waals surface area contributed by atoms with E-state index in [1.807, 2.05) is 32.0 Å². The van der Waals surface area contributed by atoms with Crippen LogP contribution in [0.4, 0.5) is 5.69 Å². The van der Waals surface area contributed by atoms with Crippen molar-refractivity contribution in [3.8, 4) is 5.75 Å². The van der Waals surface area contributed by atoms with Crippen molar-refractivity contribution in [3.63, 3.8) is 0 Å². The molecule has 5 nitrogen and oxygen atoms in total. The van der Waals surface area contributed by atoms with Crippen molar-refractivity contribution in [2.24, 2.45) is 0 Å². The van der Waals surface area contributed by atoms with Crippen LogP contribution in [0.25, 0.3) is 0 Å². The molecule has 1 unspecified atom stereocenters. The topological polar surface area (TPSA) is 67.4 Å². The van der Waals surface area contributed by atoms with E-state index in [1.54, 1.807) is 24.3 Å². The van der Waals surface area contributed by atoms with Crippen molar-refractivity contribution >= 4 is 33.4 Å². The number of carbonyl (C=O) groups is 2. The van der Waals surface area contributed by atoms with Gasteiger partial charge >= 0.3 is 0 Å². The lowest BCUT2D eigenvalue weighted by atomic mass is 10.1. The van der Waals surface area contributed by atoms with Gasteiger partial charge < -0.3 is 15.4 Å². The molecule has 2 rings (SSSR count). The summed E-state index contributed by atoms with van der Waals surface area (Å²) in [6.07, 6.45) is 1.76. The highest BCUT2D eigenvalue weighted by molar-refractivity contribution is 9.10. The standard InChI is InChI=1S/C21H25BrN2O3/c1-4-14(3)23-21(26)16-8-6-7-9-18(16)24-20(25)13-27-19-11-10-15(5-2)12-17(19)22/h6-12,14H,4-5,13H2,1-3H3,(H,23,26)(H,24,25). The number of anilines is 1.